The zero-order valence-corrected chi connectivity index (χ0v) is 15.8. The molecule has 1 N–H and O–H groups in total. The van der Waals surface area contributed by atoms with Crippen LogP contribution in [-0.4, -0.2) is 31.3 Å². The molecular weight excluding hydrogens is 344 g/mol. The van der Waals surface area contributed by atoms with Gasteiger partial charge in [-0.2, -0.15) is 5.10 Å². The van der Waals surface area contributed by atoms with Crippen molar-refractivity contribution in [1.29, 1.82) is 0 Å². The van der Waals surface area contributed by atoms with E-state index in [9.17, 15) is 9.59 Å². The summed E-state index contributed by atoms with van der Waals surface area (Å²) < 4.78 is 10.1. The van der Waals surface area contributed by atoms with Crippen molar-refractivity contribution in [3.8, 4) is 5.75 Å². The molecule has 1 amide bonds. The molecule has 0 fully saturated rings. The molecule has 0 heterocycles. The van der Waals surface area contributed by atoms with Crippen LogP contribution in [0, 0.1) is 13.8 Å². The highest BCUT2D eigenvalue weighted by Crippen LogP contribution is 2.12. The number of hydrogen-bond acceptors (Lipinski definition) is 5. The fraction of sp³-hybridized carbons (Fsp3) is 0.286. The molecule has 27 heavy (non-hydrogen) atoms. The molecule has 2 rings (SSSR count). The minimum atomic E-state index is -0.408. The Morgan fingerprint density at radius 1 is 1.11 bits per heavy atom. The minimum absolute atomic E-state index is 0.129. The van der Waals surface area contributed by atoms with Crippen LogP contribution in [0.2, 0.25) is 0 Å². The zero-order valence-electron chi connectivity index (χ0n) is 15.8. The number of nitrogens with one attached hydrogen (secondary N) is 1. The van der Waals surface area contributed by atoms with Crippen molar-refractivity contribution in [2.45, 2.75) is 27.2 Å². The van der Waals surface area contributed by atoms with Crippen molar-refractivity contribution < 1.29 is 19.1 Å². The third-order valence-electron chi connectivity index (χ3n) is 3.79. The molecule has 0 radical (unpaired) electrons. The van der Waals surface area contributed by atoms with Gasteiger partial charge < -0.3 is 9.47 Å². The number of hydrazone groups is 1. The number of carbonyl (C=O) groups excluding carboxylic acids is 2. The fourth-order valence-corrected chi connectivity index (χ4v) is 2.43. The maximum Gasteiger partial charge on any atom is 0.344 e. The Hall–Kier alpha value is -3.15. The van der Waals surface area contributed by atoms with Crippen molar-refractivity contribution >= 4 is 18.1 Å². The molecule has 6 nitrogen and oxygen atoms in total. The molecule has 0 aromatic heterocycles. The first kappa shape index (κ1) is 20.2. The van der Waals surface area contributed by atoms with E-state index in [4.69, 9.17) is 9.47 Å². The number of carbonyl (C=O) groups is 2. The lowest BCUT2D eigenvalue weighted by atomic mass is 10.0. The Kier molecular flexibility index (Phi) is 7.55. The lowest BCUT2D eigenvalue weighted by molar-refractivity contribution is -0.145. The van der Waals surface area contributed by atoms with Crippen molar-refractivity contribution in [2.24, 2.45) is 5.10 Å². The van der Waals surface area contributed by atoms with E-state index in [1.165, 1.54) is 5.56 Å². The highest BCUT2D eigenvalue weighted by molar-refractivity contribution is 5.83. The fourth-order valence-electron chi connectivity index (χ4n) is 2.43. The van der Waals surface area contributed by atoms with E-state index in [0.717, 1.165) is 16.7 Å². The van der Waals surface area contributed by atoms with Gasteiger partial charge in [0.2, 0.25) is 5.91 Å². The summed E-state index contributed by atoms with van der Waals surface area (Å²) in [4.78, 5) is 23.3. The smallest absolute Gasteiger partial charge is 0.344 e. The van der Waals surface area contributed by atoms with Gasteiger partial charge in [-0.3, -0.25) is 4.79 Å². The van der Waals surface area contributed by atoms with E-state index in [1.54, 1.807) is 37.4 Å². The Labute approximate surface area is 159 Å². The molecule has 0 aliphatic carbocycles. The maximum absolute atomic E-state index is 12.0. The molecule has 6 heteroatoms. The Balaban J connectivity index is 1.81. The number of benzene rings is 2. The number of rotatable bonds is 8. The Morgan fingerprint density at radius 3 is 2.52 bits per heavy atom. The summed E-state index contributed by atoms with van der Waals surface area (Å²) in [5.41, 5.74) is 6.57. The van der Waals surface area contributed by atoms with Crippen molar-refractivity contribution in [3.63, 3.8) is 0 Å². The largest absolute Gasteiger partial charge is 0.482 e. The lowest BCUT2D eigenvalue weighted by Gasteiger charge is -2.06. The number of ether oxygens (including phenoxy) is 2. The van der Waals surface area contributed by atoms with Crippen LogP contribution in [0.25, 0.3) is 0 Å². The molecule has 2 aromatic carbocycles. The van der Waals surface area contributed by atoms with Crippen LogP contribution in [0.15, 0.2) is 47.6 Å². The first-order valence-electron chi connectivity index (χ1n) is 8.74. The van der Waals surface area contributed by atoms with Crippen molar-refractivity contribution in [3.05, 3.63) is 64.7 Å². The van der Waals surface area contributed by atoms with E-state index in [1.807, 2.05) is 26.0 Å². The number of nitrogens with zero attached hydrogens (tertiary/aromatic N) is 1. The SMILES string of the molecule is CCOC(=O)COc1ccc(/C=N/NC(=O)Cc2ccc(C)cc2C)cc1. The molecule has 0 unspecified atom stereocenters. The number of amides is 1. The van der Waals surface area contributed by atoms with E-state index < -0.39 is 5.97 Å². The second-order valence-corrected chi connectivity index (χ2v) is 6.06. The van der Waals surface area contributed by atoms with Gasteiger partial charge in [0, 0.05) is 0 Å². The van der Waals surface area contributed by atoms with Gasteiger partial charge in [-0.1, -0.05) is 23.8 Å². The number of aryl methyl sites for hydroxylation is 2. The highest BCUT2D eigenvalue weighted by atomic mass is 16.6. The van der Waals surface area contributed by atoms with Gasteiger partial charge >= 0.3 is 5.97 Å². The molecule has 0 bridgehead atoms. The first-order chi connectivity index (χ1) is 13.0. The number of hydrogen-bond donors (Lipinski definition) is 1. The summed E-state index contributed by atoms with van der Waals surface area (Å²) >= 11 is 0. The molecule has 0 saturated carbocycles. The maximum atomic E-state index is 12.0. The quantitative estimate of drug-likeness (QED) is 0.441. The van der Waals surface area contributed by atoms with Crippen LogP contribution in [0.4, 0.5) is 0 Å². The predicted octanol–water partition coefficient (Wildman–Crippen LogP) is 2.94. The molecule has 0 atom stereocenters. The van der Waals surface area contributed by atoms with Crippen molar-refractivity contribution in [1.82, 2.24) is 5.43 Å². The monoisotopic (exact) mass is 368 g/mol. The topological polar surface area (TPSA) is 77.0 Å². The lowest BCUT2D eigenvalue weighted by Crippen LogP contribution is -2.20. The second-order valence-electron chi connectivity index (χ2n) is 6.06. The van der Waals surface area contributed by atoms with E-state index in [-0.39, 0.29) is 18.9 Å². The van der Waals surface area contributed by atoms with Crippen molar-refractivity contribution in [2.75, 3.05) is 13.2 Å². The van der Waals surface area contributed by atoms with E-state index in [0.29, 0.717) is 12.4 Å². The van der Waals surface area contributed by atoms with Gasteiger partial charge in [-0.15, -0.1) is 0 Å². The van der Waals surface area contributed by atoms with Gasteiger partial charge in [0.1, 0.15) is 5.75 Å². The second kappa shape index (κ2) is 10.1. The van der Waals surface area contributed by atoms with Gasteiger partial charge in [0.25, 0.3) is 0 Å². The van der Waals surface area contributed by atoms with E-state index >= 15 is 0 Å². The minimum Gasteiger partial charge on any atom is -0.482 e. The summed E-state index contributed by atoms with van der Waals surface area (Å²) in [6.07, 6.45) is 1.83. The van der Waals surface area contributed by atoms with E-state index in [2.05, 4.69) is 16.6 Å². The molecule has 0 saturated heterocycles. The van der Waals surface area contributed by atoms with Crippen LogP contribution < -0.4 is 10.2 Å². The Morgan fingerprint density at radius 2 is 1.85 bits per heavy atom. The average Bonchev–Trinajstić information content (AvgIpc) is 2.64. The van der Waals surface area contributed by atoms with Crippen LogP contribution in [-0.2, 0) is 20.7 Å². The van der Waals surface area contributed by atoms with Gasteiger partial charge in [-0.25, -0.2) is 10.2 Å². The van der Waals surface area contributed by atoms with Crippen LogP contribution in [0.1, 0.15) is 29.2 Å². The summed E-state index contributed by atoms with van der Waals surface area (Å²) in [6, 6.07) is 13.0. The summed E-state index contributed by atoms with van der Waals surface area (Å²) in [6.45, 7) is 5.95. The zero-order chi connectivity index (χ0) is 19.6. The molecule has 0 aliphatic rings. The Bertz CT molecular complexity index is 813. The normalized spacial score (nSPS) is 10.6. The molecule has 0 aliphatic heterocycles. The van der Waals surface area contributed by atoms with Gasteiger partial charge in [0.15, 0.2) is 6.61 Å². The summed E-state index contributed by atoms with van der Waals surface area (Å²) in [5, 5.41) is 3.97. The summed E-state index contributed by atoms with van der Waals surface area (Å²) in [5.74, 6) is -0.0265. The standard InChI is InChI=1S/C21H24N2O4/c1-4-26-21(25)14-27-19-9-6-17(7-10-19)13-22-23-20(24)12-18-8-5-15(2)11-16(18)3/h5-11,13H,4,12,14H2,1-3H3,(H,23,24)/b22-13+. The molecule has 142 valence electrons. The van der Waals surface area contributed by atoms with Gasteiger partial charge in [-0.05, 0) is 61.7 Å². The predicted molar refractivity (Wildman–Crippen MR) is 104 cm³/mol. The molecule has 2 aromatic rings. The average molecular weight is 368 g/mol. The number of esters is 1. The third-order valence-corrected chi connectivity index (χ3v) is 3.79. The molecular formula is C21H24N2O4. The van der Waals surface area contributed by atoms with Gasteiger partial charge in [0.05, 0.1) is 19.2 Å². The summed E-state index contributed by atoms with van der Waals surface area (Å²) in [7, 11) is 0. The van der Waals surface area contributed by atoms with Crippen LogP contribution in [0.3, 0.4) is 0 Å². The third kappa shape index (κ3) is 6.93. The molecule has 0 spiro atoms. The highest BCUT2D eigenvalue weighted by Gasteiger charge is 2.05. The first-order valence-corrected chi connectivity index (χ1v) is 8.74. The van der Waals surface area contributed by atoms with Crippen LogP contribution >= 0.6 is 0 Å². The van der Waals surface area contributed by atoms with Crippen LogP contribution in [0.5, 0.6) is 5.75 Å².